The van der Waals surface area contributed by atoms with E-state index in [4.69, 9.17) is 4.74 Å². The Kier molecular flexibility index (Phi) is 6.38. The van der Waals surface area contributed by atoms with E-state index in [0.29, 0.717) is 25.3 Å². The van der Waals surface area contributed by atoms with Gasteiger partial charge in [0.15, 0.2) is 0 Å². The number of nitrogens with zero attached hydrogens (tertiary/aromatic N) is 2. The highest BCUT2D eigenvalue weighted by molar-refractivity contribution is 5.12. The van der Waals surface area contributed by atoms with Crippen LogP contribution in [0.3, 0.4) is 0 Å². The first kappa shape index (κ1) is 18.2. The van der Waals surface area contributed by atoms with Crippen molar-refractivity contribution in [1.82, 2.24) is 15.2 Å². The summed E-state index contributed by atoms with van der Waals surface area (Å²) in [6, 6.07) is 1.94. The number of morpholine rings is 1. The van der Waals surface area contributed by atoms with Gasteiger partial charge in [-0.2, -0.15) is 13.2 Å². The Morgan fingerprint density at radius 2 is 2.09 bits per heavy atom. The number of halogens is 3. The summed E-state index contributed by atoms with van der Waals surface area (Å²) >= 11 is 0. The third-order valence-electron chi connectivity index (χ3n) is 4.23. The van der Waals surface area contributed by atoms with Crippen LogP contribution in [0, 0.1) is 0 Å². The average Bonchev–Trinajstić information content (AvgIpc) is 2.51. The fraction of sp³-hybridized carbons (Fsp3) is 0.688. The van der Waals surface area contributed by atoms with Gasteiger partial charge in [-0.15, -0.1) is 0 Å². The number of hydrogen-bond acceptors (Lipinski definition) is 4. The Bertz CT molecular complexity index is 469. The SMILES string of the molecule is C[C@H](CN[C@H](Cc1ccncc1)C(F)(F)F)N1CCOC[C@@H]1C. The second-order valence-corrected chi connectivity index (χ2v) is 6.07. The number of alkyl halides is 3. The van der Waals surface area contributed by atoms with E-state index in [9.17, 15) is 13.2 Å². The van der Waals surface area contributed by atoms with Gasteiger partial charge in [0.1, 0.15) is 6.04 Å². The highest BCUT2D eigenvalue weighted by atomic mass is 19.4. The molecule has 130 valence electrons. The van der Waals surface area contributed by atoms with E-state index < -0.39 is 12.2 Å². The number of hydrogen-bond donors (Lipinski definition) is 1. The maximum absolute atomic E-state index is 13.3. The van der Waals surface area contributed by atoms with Gasteiger partial charge >= 0.3 is 6.18 Å². The molecular formula is C16H24F3N3O. The monoisotopic (exact) mass is 331 g/mol. The summed E-state index contributed by atoms with van der Waals surface area (Å²) in [7, 11) is 0. The van der Waals surface area contributed by atoms with Crippen LogP contribution < -0.4 is 5.32 Å². The smallest absolute Gasteiger partial charge is 0.379 e. The third-order valence-corrected chi connectivity index (χ3v) is 4.23. The normalized spacial score (nSPS) is 22.7. The lowest BCUT2D eigenvalue weighted by molar-refractivity contribution is -0.156. The zero-order valence-corrected chi connectivity index (χ0v) is 13.5. The number of ether oxygens (including phenoxy) is 1. The molecule has 1 fully saturated rings. The highest BCUT2D eigenvalue weighted by Crippen LogP contribution is 2.23. The molecular weight excluding hydrogens is 307 g/mol. The Labute approximate surface area is 135 Å². The minimum Gasteiger partial charge on any atom is -0.379 e. The molecule has 1 aliphatic rings. The first-order chi connectivity index (χ1) is 10.9. The molecule has 0 unspecified atom stereocenters. The van der Waals surface area contributed by atoms with Crippen LogP contribution in [0.15, 0.2) is 24.5 Å². The summed E-state index contributed by atoms with van der Waals surface area (Å²) in [6.07, 6.45) is -1.33. The Morgan fingerprint density at radius 3 is 2.70 bits per heavy atom. The van der Waals surface area contributed by atoms with Crippen LogP contribution in [0.5, 0.6) is 0 Å². The number of rotatable bonds is 6. The van der Waals surface area contributed by atoms with Crippen molar-refractivity contribution in [3.8, 4) is 0 Å². The van der Waals surface area contributed by atoms with Gasteiger partial charge in [0.25, 0.3) is 0 Å². The number of aromatic nitrogens is 1. The van der Waals surface area contributed by atoms with Gasteiger partial charge in [0, 0.05) is 37.6 Å². The van der Waals surface area contributed by atoms with Crippen LogP contribution in [-0.4, -0.2) is 60.5 Å². The molecule has 0 saturated carbocycles. The molecule has 0 radical (unpaired) electrons. The molecule has 0 aliphatic carbocycles. The Morgan fingerprint density at radius 1 is 1.39 bits per heavy atom. The fourth-order valence-corrected chi connectivity index (χ4v) is 2.88. The molecule has 1 aliphatic heterocycles. The zero-order chi connectivity index (χ0) is 16.9. The quantitative estimate of drug-likeness (QED) is 0.868. The summed E-state index contributed by atoms with van der Waals surface area (Å²) < 4.78 is 45.2. The van der Waals surface area contributed by atoms with Crippen LogP contribution in [-0.2, 0) is 11.2 Å². The molecule has 1 saturated heterocycles. The zero-order valence-electron chi connectivity index (χ0n) is 13.5. The molecule has 0 spiro atoms. The topological polar surface area (TPSA) is 37.4 Å². The second kappa shape index (κ2) is 8.08. The third kappa shape index (κ3) is 5.44. The van der Waals surface area contributed by atoms with Crippen LogP contribution >= 0.6 is 0 Å². The maximum Gasteiger partial charge on any atom is 0.404 e. The minimum absolute atomic E-state index is 0.0243. The predicted octanol–water partition coefficient (Wildman–Crippen LogP) is 2.25. The summed E-state index contributed by atoms with van der Waals surface area (Å²) in [4.78, 5) is 6.03. The van der Waals surface area contributed by atoms with E-state index in [0.717, 1.165) is 6.54 Å². The molecule has 0 amide bonds. The van der Waals surface area contributed by atoms with Crippen LogP contribution in [0.2, 0.25) is 0 Å². The van der Waals surface area contributed by atoms with Crippen molar-refractivity contribution in [3.05, 3.63) is 30.1 Å². The van der Waals surface area contributed by atoms with Crippen molar-refractivity contribution >= 4 is 0 Å². The average molecular weight is 331 g/mol. The first-order valence-corrected chi connectivity index (χ1v) is 7.90. The maximum atomic E-state index is 13.3. The summed E-state index contributed by atoms with van der Waals surface area (Å²) in [5, 5.41) is 2.70. The van der Waals surface area contributed by atoms with Gasteiger partial charge in [0.05, 0.1) is 13.2 Å². The van der Waals surface area contributed by atoms with E-state index in [-0.39, 0.29) is 18.5 Å². The minimum atomic E-state index is -4.28. The number of nitrogens with one attached hydrogen (secondary N) is 1. The Hall–Kier alpha value is -1.18. The van der Waals surface area contributed by atoms with Gasteiger partial charge in [-0.25, -0.2) is 0 Å². The number of pyridine rings is 1. The molecule has 1 aromatic heterocycles. The van der Waals surface area contributed by atoms with E-state index in [1.54, 1.807) is 12.1 Å². The molecule has 4 nitrogen and oxygen atoms in total. The van der Waals surface area contributed by atoms with Crippen molar-refractivity contribution in [2.45, 2.75) is 44.6 Å². The Balaban J connectivity index is 1.93. The van der Waals surface area contributed by atoms with Crippen molar-refractivity contribution in [2.24, 2.45) is 0 Å². The molecule has 1 N–H and O–H groups in total. The largest absolute Gasteiger partial charge is 0.404 e. The molecule has 1 aromatic rings. The standard InChI is InChI=1S/C16H24F3N3O/c1-12(22-7-8-23-11-13(22)2)10-21-15(16(17,18)19)9-14-3-5-20-6-4-14/h3-6,12-13,15,21H,7-11H2,1-2H3/t12-,13+,15-/m1/s1. The van der Waals surface area contributed by atoms with E-state index in [2.05, 4.69) is 15.2 Å². The van der Waals surface area contributed by atoms with E-state index in [1.165, 1.54) is 12.4 Å². The summed E-state index contributed by atoms with van der Waals surface area (Å²) in [5.74, 6) is 0. The summed E-state index contributed by atoms with van der Waals surface area (Å²) in [5.41, 5.74) is 0.627. The van der Waals surface area contributed by atoms with Gasteiger partial charge in [-0.05, 0) is 38.0 Å². The highest BCUT2D eigenvalue weighted by Gasteiger charge is 2.39. The summed E-state index contributed by atoms with van der Waals surface area (Å²) in [6.45, 7) is 6.30. The molecule has 2 rings (SSSR count). The predicted molar refractivity (Wildman–Crippen MR) is 82.2 cm³/mol. The molecule has 2 heterocycles. The molecule has 23 heavy (non-hydrogen) atoms. The molecule has 7 heteroatoms. The van der Waals surface area contributed by atoms with Crippen LogP contribution in [0.4, 0.5) is 13.2 Å². The second-order valence-electron chi connectivity index (χ2n) is 6.07. The van der Waals surface area contributed by atoms with Crippen molar-refractivity contribution < 1.29 is 17.9 Å². The van der Waals surface area contributed by atoms with Crippen molar-refractivity contribution in [1.29, 1.82) is 0 Å². The molecule has 0 bridgehead atoms. The van der Waals surface area contributed by atoms with Crippen molar-refractivity contribution in [2.75, 3.05) is 26.3 Å². The van der Waals surface area contributed by atoms with Gasteiger partial charge in [-0.1, -0.05) is 0 Å². The van der Waals surface area contributed by atoms with Crippen LogP contribution in [0.25, 0.3) is 0 Å². The first-order valence-electron chi connectivity index (χ1n) is 7.90. The fourth-order valence-electron chi connectivity index (χ4n) is 2.88. The molecule has 0 aromatic carbocycles. The van der Waals surface area contributed by atoms with E-state index in [1.807, 2.05) is 13.8 Å². The van der Waals surface area contributed by atoms with Gasteiger partial charge < -0.3 is 10.1 Å². The van der Waals surface area contributed by atoms with Crippen molar-refractivity contribution in [3.63, 3.8) is 0 Å². The molecule has 3 atom stereocenters. The van der Waals surface area contributed by atoms with Gasteiger partial charge in [0.2, 0.25) is 0 Å². The lowest BCUT2D eigenvalue weighted by Crippen LogP contribution is -2.54. The van der Waals surface area contributed by atoms with Crippen LogP contribution in [0.1, 0.15) is 19.4 Å². The lowest BCUT2D eigenvalue weighted by atomic mass is 10.1. The van der Waals surface area contributed by atoms with Gasteiger partial charge in [-0.3, -0.25) is 9.88 Å². The van der Waals surface area contributed by atoms with E-state index >= 15 is 0 Å². The lowest BCUT2D eigenvalue weighted by Gasteiger charge is -2.38.